The van der Waals surface area contributed by atoms with E-state index in [0.29, 0.717) is 18.7 Å². The van der Waals surface area contributed by atoms with Gasteiger partial charge in [-0.05, 0) is 59.1 Å². The number of aliphatic imine (C=N–C) groups is 1. The van der Waals surface area contributed by atoms with E-state index >= 15 is 0 Å². The number of nitrogens with two attached hydrogens (primary N) is 1. The minimum absolute atomic E-state index is 0.0693. The summed E-state index contributed by atoms with van der Waals surface area (Å²) in [6.45, 7) is 1.12. The van der Waals surface area contributed by atoms with Gasteiger partial charge >= 0.3 is 6.36 Å². The van der Waals surface area contributed by atoms with Crippen molar-refractivity contribution in [1.82, 2.24) is 4.57 Å². The number of fused-ring (bicyclic) bond motifs is 2. The minimum Gasteiger partial charge on any atom is -0.406 e. The number of aromatic nitrogens is 1. The van der Waals surface area contributed by atoms with Crippen molar-refractivity contribution < 1.29 is 17.9 Å². The molecule has 1 aliphatic heterocycles. The van der Waals surface area contributed by atoms with Gasteiger partial charge in [0.05, 0.1) is 24.0 Å². The highest BCUT2D eigenvalue weighted by Crippen LogP contribution is 2.41. The third-order valence-electron chi connectivity index (χ3n) is 5.87. The molecule has 0 saturated heterocycles. The molecule has 0 bridgehead atoms. The van der Waals surface area contributed by atoms with Gasteiger partial charge in [-0.1, -0.05) is 48.5 Å². The molecule has 0 saturated carbocycles. The summed E-state index contributed by atoms with van der Waals surface area (Å²) in [6.07, 6.45) is -2.19. The number of nitrogens with zero attached hydrogens (tertiary/aromatic N) is 2. The van der Waals surface area contributed by atoms with Crippen molar-refractivity contribution in [1.29, 1.82) is 0 Å². The first-order valence-corrected chi connectivity index (χ1v) is 10.7. The highest BCUT2D eigenvalue weighted by Gasteiger charge is 2.31. The maximum Gasteiger partial charge on any atom is 0.573 e. The highest BCUT2D eigenvalue weighted by atomic mass is 19.4. The number of hydrogen-bond acceptors (Lipinski definition) is 3. The molecule has 0 fully saturated rings. The maximum atomic E-state index is 12.8. The van der Waals surface area contributed by atoms with E-state index in [-0.39, 0.29) is 11.8 Å². The van der Waals surface area contributed by atoms with Gasteiger partial charge in [0.25, 0.3) is 0 Å². The maximum absolute atomic E-state index is 12.8. The fourth-order valence-corrected chi connectivity index (χ4v) is 4.51. The zero-order valence-electron chi connectivity index (χ0n) is 17.7. The predicted octanol–water partition coefficient (Wildman–Crippen LogP) is 6.20. The molecule has 0 radical (unpaired) electrons. The zero-order valence-corrected chi connectivity index (χ0v) is 17.7. The zero-order chi connectivity index (χ0) is 23.0. The van der Waals surface area contributed by atoms with Gasteiger partial charge in [-0.15, -0.1) is 13.2 Å². The Morgan fingerprint density at radius 3 is 2.55 bits per heavy atom. The molecule has 4 nitrogen and oxygen atoms in total. The van der Waals surface area contributed by atoms with Crippen LogP contribution < -0.4 is 10.5 Å². The number of ether oxygens (including phenoxy) is 1. The van der Waals surface area contributed by atoms with Crippen LogP contribution >= 0.6 is 0 Å². The van der Waals surface area contributed by atoms with Crippen LogP contribution in [0.1, 0.15) is 18.2 Å². The minimum atomic E-state index is -4.75. The lowest BCUT2D eigenvalue weighted by molar-refractivity contribution is -0.274. The van der Waals surface area contributed by atoms with E-state index in [1.165, 1.54) is 12.1 Å². The second-order valence-corrected chi connectivity index (χ2v) is 8.06. The Hall–Kier alpha value is -3.58. The van der Waals surface area contributed by atoms with Crippen LogP contribution in [0, 0.1) is 0 Å². The Morgan fingerprint density at radius 2 is 1.76 bits per heavy atom. The van der Waals surface area contributed by atoms with Gasteiger partial charge in [0.2, 0.25) is 0 Å². The standard InChI is InChI=1S/C26H22F3N3O/c27-26(28,29)33-23-7-3-6-19(13-23)24-14-22-16-31-15-21(10-11-30)32(22)25(24)20-9-8-17-4-1-2-5-18(17)12-20/h1-9,12-14,16,21H,10-11,15,30H2/t21-/m0/s1. The average Bonchev–Trinajstić information content (AvgIpc) is 3.19. The van der Waals surface area contributed by atoms with Crippen LogP contribution in [0.15, 0.2) is 77.8 Å². The third-order valence-corrected chi connectivity index (χ3v) is 5.87. The van der Waals surface area contributed by atoms with Crippen LogP contribution in [-0.4, -0.2) is 30.2 Å². The first-order valence-electron chi connectivity index (χ1n) is 10.7. The Labute approximate surface area is 189 Å². The van der Waals surface area contributed by atoms with E-state index in [0.717, 1.165) is 39.7 Å². The summed E-state index contributed by atoms with van der Waals surface area (Å²) in [7, 11) is 0. The van der Waals surface area contributed by atoms with Gasteiger partial charge < -0.3 is 15.0 Å². The number of hydrogen-bond donors (Lipinski definition) is 1. The van der Waals surface area contributed by atoms with Crippen LogP contribution in [0.3, 0.4) is 0 Å². The van der Waals surface area contributed by atoms with Gasteiger partial charge in [-0.3, -0.25) is 4.99 Å². The van der Waals surface area contributed by atoms with E-state index < -0.39 is 6.36 Å². The van der Waals surface area contributed by atoms with Crippen molar-refractivity contribution in [3.63, 3.8) is 0 Å². The molecule has 1 aliphatic rings. The Balaban J connectivity index is 1.72. The number of rotatable bonds is 5. The second kappa shape index (κ2) is 8.41. The van der Waals surface area contributed by atoms with E-state index in [1.807, 2.05) is 24.4 Å². The molecule has 7 heteroatoms. The molecule has 1 aromatic heterocycles. The second-order valence-electron chi connectivity index (χ2n) is 8.06. The first-order chi connectivity index (χ1) is 15.9. The molecule has 168 valence electrons. The van der Waals surface area contributed by atoms with Crippen LogP contribution in [0.2, 0.25) is 0 Å². The molecular formula is C26H22F3N3O. The molecule has 2 N–H and O–H groups in total. The molecule has 33 heavy (non-hydrogen) atoms. The SMILES string of the molecule is NCC[C@H]1CN=Cc2cc(-c3cccc(OC(F)(F)F)c3)c(-c3ccc4ccccc4c3)n21. The molecule has 1 atom stereocenters. The van der Waals surface area contributed by atoms with Gasteiger partial charge in [0, 0.05) is 11.8 Å². The first kappa shape index (κ1) is 21.3. The summed E-state index contributed by atoms with van der Waals surface area (Å²) >= 11 is 0. The van der Waals surface area contributed by atoms with E-state index in [9.17, 15) is 13.2 Å². The molecule has 0 spiro atoms. The number of halogens is 3. The fourth-order valence-electron chi connectivity index (χ4n) is 4.51. The highest BCUT2D eigenvalue weighted by molar-refractivity contribution is 5.94. The van der Waals surface area contributed by atoms with E-state index in [2.05, 4.69) is 44.6 Å². The molecule has 0 amide bonds. The third kappa shape index (κ3) is 4.24. The smallest absolute Gasteiger partial charge is 0.406 e. The Morgan fingerprint density at radius 1 is 0.939 bits per heavy atom. The molecule has 4 aromatic rings. The lowest BCUT2D eigenvalue weighted by Gasteiger charge is -2.25. The molecule has 0 unspecified atom stereocenters. The number of alkyl halides is 3. The van der Waals surface area contributed by atoms with Crippen LogP contribution in [0.4, 0.5) is 13.2 Å². The van der Waals surface area contributed by atoms with Gasteiger partial charge in [0.15, 0.2) is 0 Å². The molecule has 0 aliphatic carbocycles. The topological polar surface area (TPSA) is 52.5 Å². The average molecular weight is 449 g/mol. The summed E-state index contributed by atoms with van der Waals surface area (Å²) in [5.74, 6) is -0.249. The fraction of sp³-hybridized carbons (Fsp3) is 0.192. The van der Waals surface area contributed by atoms with E-state index in [1.54, 1.807) is 12.1 Å². The quantitative estimate of drug-likeness (QED) is 0.395. The van der Waals surface area contributed by atoms with Crippen LogP contribution in [-0.2, 0) is 0 Å². The summed E-state index contributed by atoms with van der Waals surface area (Å²) in [5, 5.41) is 2.21. The largest absolute Gasteiger partial charge is 0.573 e. The lowest BCUT2D eigenvalue weighted by atomic mass is 9.98. The van der Waals surface area contributed by atoms with Crippen molar-refractivity contribution in [2.45, 2.75) is 18.8 Å². The predicted molar refractivity (Wildman–Crippen MR) is 125 cm³/mol. The van der Waals surface area contributed by atoms with Crippen molar-refractivity contribution in [2.75, 3.05) is 13.1 Å². The summed E-state index contributed by atoms with van der Waals surface area (Å²) in [5.41, 5.74) is 10.2. The van der Waals surface area contributed by atoms with Crippen molar-refractivity contribution in [3.05, 3.63) is 78.5 Å². The van der Waals surface area contributed by atoms with Crippen LogP contribution in [0.25, 0.3) is 33.2 Å². The molecule has 2 heterocycles. The van der Waals surface area contributed by atoms with Crippen molar-refractivity contribution >= 4 is 17.0 Å². The summed E-state index contributed by atoms with van der Waals surface area (Å²) < 4.78 is 44.9. The number of benzene rings is 3. The lowest BCUT2D eigenvalue weighted by Crippen LogP contribution is -2.22. The monoisotopic (exact) mass is 449 g/mol. The van der Waals surface area contributed by atoms with E-state index in [4.69, 9.17) is 5.73 Å². The summed E-state index contributed by atoms with van der Waals surface area (Å²) in [6, 6.07) is 22.5. The Kier molecular flexibility index (Phi) is 5.42. The Bertz CT molecular complexity index is 1340. The van der Waals surface area contributed by atoms with Gasteiger partial charge in [-0.2, -0.15) is 0 Å². The molecular weight excluding hydrogens is 427 g/mol. The van der Waals surface area contributed by atoms with Gasteiger partial charge in [0.1, 0.15) is 5.75 Å². The summed E-state index contributed by atoms with van der Waals surface area (Å²) in [4.78, 5) is 4.50. The molecule has 3 aromatic carbocycles. The molecule has 5 rings (SSSR count). The van der Waals surface area contributed by atoms with Gasteiger partial charge in [-0.25, -0.2) is 0 Å². The normalized spacial score (nSPS) is 15.6. The van der Waals surface area contributed by atoms with Crippen molar-refractivity contribution in [2.24, 2.45) is 10.7 Å². The van der Waals surface area contributed by atoms with Crippen molar-refractivity contribution in [3.8, 4) is 28.1 Å². The van der Waals surface area contributed by atoms with Crippen LogP contribution in [0.5, 0.6) is 5.75 Å².